The number of nitrogens with one attached hydrogen (secondary N) is 1. The van der Waals surface area contributed by atoms with Crippen LogP contribution in [0.1, 0.15) is 6.42 Å². The molecule has 1 aromatic carbocycles. The van der Waals surface area contributed by atoms with Crippen molar-refractivity contribution in [3.05, 3.63) is 28.2 Å². The van der Waals surface area contributed by atoms with E-state index in [1.165, 1.54) is 0 Å². The van der Waals surface area contributed by atoms with Crippen LogP contribution in [-0.2, 0) is 0 Å². The van der Waals surface area contributed by atoms with E-state index in [2.05, 4.69) is 15.1 Å². The Kier molecular flexibility index (Phi) is 5.96. The van der Waals surface area contributed by atoms with Gasteiger partial charge in [0.2, 0.25) is 0 Å². The van der Waals surface area contributed by atoms with Crippen molar-refractivity contribution in [2.24, 2.45) is 0 Å². The molecule has 0 atom stereocenters. The molecule has 1 saturated heterocycles. The van der Waals surface area contributed by atoms with E-state index < -0.39 is 6.09 Å². The fourth-order valence-corrected chi connectivity index (χ4v) is 2.86. The van der Waals surface area contributed by atoms with Gasteiger partial charge in [-0.2, -0.15) is 0 Å². The second-order valence-electron chi connectivity index (χ2n) is 4.99. The SMILES string of the molecule is O=C(O)NCCCN1CCN(c2cccc(Cl)c2Cl)CC1. The van der Waals surface area contributed by atoms with Crippen molar-refractivity contribution in [3.8, 4) is 0 Å². The molecule has 0 saturated carbocycles. The molecule has 1 aliphatic heterocycles. The Hall–Kier alpha value is -1.17. The summed E-state index contributed by atoms with van der Waals surface area (Å²) in [5.41, 5.74) is 0.983. The summed E-state index contributed by atoms with van der Waals surface area (Å²) in [7, 11) is 0. The van der Waals surface area contributed by atoms with Gasteiger partial charge in [0.05, 0.1) is 15.7 Å². The number of anilines is 1. The number of hydrogen-bond donors (Lipinski definition) is 2. The Labute approximate surface area is 134 Å². The average molecular weight is 332 g/mol. The van der Waals surface area contributed by atoms with E-state index in [1.807, 2.05) is 12.1 Å². The molecule has 0 radical (unpaired) electrons. The highest BCUT2D eigenvalue weighted by molar-refractivity contribution is 6.43. The van der Waals surface area contributed by atoms with Crippen LogP contribution in [0, 0.1) is 0 Å². The zero-order valence-corrected chi connectivity index (χ0v) is 13.2. The Morgan fingerprint density at radius 1 is 1.24 bits per heavy atom. The van der Waals surface area contributed by atoms with E-state index in [1.54, 1.807) is 6.07 Å². The molecule has 1 amide bonds. The Bertz CT molecular complexity index is 491. The summed E-state index contributed by atoms with van der Waals surface area (Å²) in [4.78, 5) is 14.9. The minimum absolute atomic E-state index is 0.496. The molecule has 21 heavy (non-hydrogen) atoms. The highest BCUT2D eigenvalue weighted by Crippen LogP contribution is 2.32. The number of amides is 1. The maximum absolute atomic E-state index is 10.4. The Balaban J connectivity index is 1.78. The molecule has 0 bridgehead atoms. The normalized spacial score (nSPS) is 16.0. The largest absolute Gasteiger partial charge is 0.465 e. The zero-order chi connectivity index (χ0) is 15.2. The summed E-state index contributed by atoms with van der Waals surface area (Å²) in [5.74, 6) is 0. The van der Waals surface area contributed by atoms with Gasteiger partial charge in [-0.3, -0.25) is 4.90 Å². The molecule has 0 aliphatic carbocycles. The van der Waals surface area contributed by atoms with Gasteiger partial charge in [-0.05, 0) is 25.1 Å². The van der Waals surface area contributed by atoms with Crippen molar-refractivity contribution >= 4 is 35.0 Å². The van der Waals surface area contributed by atoms with Crippen molar-refractivity contribution in [1.29, 1.82) is 0 Å². The van der Waals surface area contributed by atoms with Crippen molar-refractivity contribution in [2.45, 2.75) is 6.42 Å². The third kappa shape index (κ3) is 4.66. The summed E-state index contributed by atoms with van der Waals surface area (Å²) < 4.78 is 0. The number of hydrogen-bond acceptors (Lipinski definition) is 3. The first-order valence-electron chi connectivity index (χ1n) is 6.96. The predicted molar refractivity (Wildman–Crippen MR) is 85.8 cm³/mol. The van der Waals surface area contributed by atoms with Crippen LogP contribution >= 0.6 is 23.2 Å². The maximum Gasteiger partial charge on any atom is 0.404 e. The van der Waals surface area contributed by atoms with Gasteiger partial charge in [0, 0.05) is 32.7 Å². The molecule has 1 fully saturated rings. The molecule has 1 heterocycles. The fraction of sp³-hybridized carbons (Fsp3) is 0.500. The van der Waals surface area contributed by atoms with Crippen molar-refractivity contribution < 1.29 is 9.90 Å². The van der Waals surface area contributed by atoms with E-state index in [4.69, 9.17) is 28.3 Å². The summed E-state index contributed by atoms with van der Waals surface area (Å²) in [5, 5.41) is 12.1. The average Bonchev–Trinajstić information content (AvgIpc) is 2.47. The Morgan fingerprint density at radius 2 is 1.95 bits per heavy atom. The first-order chi connectivity index (χ1) is 10.1. The van der Waals surface area contributed by atoms with E-state index in [9.17, 15) is 4.79 Å². The van der Waals surface area contributed by atoms with Crippen molar-refractivity contribution in [1.82, 2.24) is 10.2 Å². The number of piperazine rings is 1. The number of halogens is 2. The predicted octanol–water partition coefficient (Wildman–Crippen LogP) is 2.77. The molecule has 116 valence electrons. The van der Waals surface area contributed by atoms with Gasteiger partial charge in [-0.25, -0.2) is 4.79 Å². The van der Waals surface area contributed by atoms with Crippen LogP contribution in [0.15, 0.2) is 18.2 Å². The molecule has 5 nitrogen and oxygen atoms in total. The summed E-state index contributed by atoms with van der Waals surface area (Å²) >= 11 is 12.3. The second kappa shape index (κ2) is 7.73. The third-order valence-corrected chi connectivity index (χ3v) is 4.38. The number of carboxylic acid groups (broad SMARTS) is 1. The molecular weight excluding hydrogens is 313 g/mol. The van der Waals surface area contributed by atoms with E-state index in [0.29, 0.717) is 16.6 Å². The lowest BCUT2D eigenvalue weighted by molar-refractivity contribution is 0.192. The van der Waals surface area contributed by atoms with E-state index in [0.717, 1.165) is 44.8 Å². The molecule has 1 aromatic rings. The molecule has 0 aromatic heterocycles. The monoisotopic (exact) mass is 331 g/mol. The number of nitrogens with zero attached hydrogens (tertiary/aromatic N) is 2. The van der Waals surface area contributed by atoms with Crippen LogP contribution in [0.4, 0.5) is 10.5 Å². The highest BCUT2D eigenvalue weighted by Gasteiger charge is 2.19. The third-order valence-electron chi connectivity index (χ3n) is 3.57. The Morgan fingerprint density at radius 3 is 2.62 bits per heavy atom. The van der Waals surface area contributed by atoms with Crippen molar-refractivity contribution in [3.63, 3.8) is 0 Å². The number of benzene rings is 1. The fourth-order valence-electron chi connectivity index (χ4n) is 2.45. The van der Waals surface area contributed by atoms with Gasteiger partial charge in [-0.15, -0.1) is 0 Å². The van der Waals surface area contributed by atoms with Gasteiger partial charge >= 0.3 is 6.09 Å². The van der Waals surface area contributed by atoms with Crippen LogP contribution in [0.2, 0.25) is 10.0 Å². The van der Waals surface area contributed by atoms with Gasteiger partial charge < -0.3 is 15.3 Å². The zero-order valence-electron chi connectivity index (χ0n) is 11.7. The molecule has 0 unspecified atom stereocenters. The van der Waals surface area contributed by atoms with Gasteiger partial charge in [-0.1, -0.05) is 29.3 Å². The highest BCUT2D eigenvalue weighted by atomic mass is 35.5. The smallest absolute Gasteiger partial charge is 0.404 e. The topological polar surface area (TPSA) is 55.8 Å². The minimum Gasteiger partial charge on any atom is -0.465 e. The summed E-state index contributed by atoms with van der Waals surface area (Å²) in [6, 6.07) is 5.69. The first kappa shape index (κ1) is 16.2. The lowest BCUT2D eigenvalue weighted by Crippen LogP contribution is -2.47. The van der Waals surface area contributed by atoms with Crippen LogP contribution in [0.5, 0.6) is 0 Å². The number of carbonyl (C=O) groups is 1. The standard InChI is InChI=1S/C14H19Cl2N3O2/c15-11-3-1-4-12(13(11)16)19-9-7-18(8-10-19)6-2-5-17-14(20)21/h1,3-4,17H,2,5-10H2,(H,20,21). The van der Waals surface area contributed by atoms with Crippen LogP contribution in [0.25, 0.3) is 0 Å². The van der Waals surface area contributed by atoms with Crippen LogP contribution < -0.4 is 10.2 Å². The molecule has 2 N–H and O–H groups in total. The van der Waals surface area contributed by atoms with E-state index in [-0.39, 0.29) is 0 Å². The lowest BCUT2D eigenvalue weighted by Gasteiger charge is -2.36. The maximum atomic E-state index is 10.4. The molecule has 0 spiro atoms. The van der Waals surface area contributed by atoms with Gasteiger partial charge in [0.25, 0.3) is 0 Å². The number of rotatable bonds is 5. The second-order valence-corrected chi connectivity index (χ2v) is 5.77. The molecule has 1 aliphatic rings. The molecule has 7 heteroatoms. The summed E-state index contributed by atoms with van der Waals surface area (Å²) in [6.07, 6.45) is -0.139. The molecular formula is C14H19Cl2N3O2. The van der Waals surface area contributed by atoms with Crippen molar-refractivity contribution in [2.75, 3.05) is 44.2 Å². The van der Waals surface area contributed by atoms with Crippen LogP contribution in [0.3, 0.4) is 0 Å². The molecule has 2 rings (SSSR count). The lowest BCUT2D eigenvalue weighted by atomic mass is 10.2. The van der Waals surface area contributed by atoms with Gasteiger partial charge in [0.1, 0.15) is 0 Å². The quantitative estimate of drug-likeness (QED) is 0.814. The van der Waals surface area contributed by atoms with Gasteiger partial charge in [0.15, 0.2) is 0 Å². The van der Waals surface area contributed by atoms with E-state index >= 15 is 0 Å². The minimum atomic E-state index is -0.963. The first-order valence-corrected chi connectivity index (χ1v) is 7.71. The summed E-state index contributed by atoms with van der Waals surface area (Å²) in [6.45, 7) is 5.07. The van der Waals surface area contributed by atoms with Crippen LogP contribution in [-0.4, -0.2) is 55.4 Å².